The maximum Gasteiger partial charge on any atom is 0.264 e. The van der Waals surface area contributed by atoms with Gasteiger partial charge < -0.3 is 18.7 Å². The molecule has 0 bridgehead atoms. The van der Waals surface area contributed by atoms with Gasteiger partial charge in [-0.1, -0.05) is 28.4 Å². The van der Waals surface area contributed by atoms with E-state index in [1.807, 2.05) is 6.07 Å². The van der Waals surface area contributed by atoms with Crippen molar-refractivity contribution in [2.24, 2.45) is 0 Å². The molecule has 24 heavy (non-hydrogen) atoms. The van der Waals surface area contributed by atoms with Crippen LogP contribution in [0.2, 0.25) is 10.0 Å². The van der Waals surface area contributed by atoms with E-state index in [9.17, 15) is 0 Å². The third-order valence-corrected chi connectivity index (χ3v) is 4.09. The van der Waals surface area contributed by atoms with Crippen LogP contribution >= 0.6 is 23.2 Å². The minimum absolute atomic E-state index is 0.121. The summed E-state index contributed by atoms with van der Waals surface area (Å²) in [6.07, 6.45) is 0. The number of hydrogen-bond acceptors (Lipinski definition) is 6. The number of fused-ring (bicyclic) bond motifs is 1. The van der Waals surface area contributed by atoms with Crippen LogP contribution in [0.5, 0.6) is 17.2 Å². The Kier molecular flexibility index (Phi) is 3.92. The summed E-state index contributed by atoms with van der Waals surface area (Å²) in [5, 5.41) is 4.83. The Bertz CT molecular complexity index is 898. The van der Waals surface area contributed by atoms with Gasteiger partial charge in [0, 0.05) is 11.6 Å². The second kappa shape index (κ2) is 6.22. The molecule has 8 heteroatoms. The van der Waals surface area contributed by atoms with Crippen LogP contribution in [0, 0.1) is 0 Å². The highest BCUT2D eigenvalue weighted by Gasteiger charge is 2.16. The monoisotopic (exact) mass is 364 g/mol. The summed E-state index contributed by atoms with van der Waals surface area (Å²) in [4.78, 5) is 4.30. The number of aromatic nitrogens is 2. The van der Waals surface area contributed by atoms with Crippen LogP contribution < -0.4 is 14.2 Å². The van der Waals surface area contributed by atoms with E-state index >= 15 is 0 Å². The molecule has 0 spiro atoms. The normalized spacial score (nSPS) is 12.4. The molecule has 0 unspecified atom stereocenters. The van der Waals surface area contributed by atoms with Gasteiger partial charge in [-0.2, -0.15) is 4.98 Å². The molecule has 4 rings (SSSR count). The molecule has 0 aliphatic carbocycles. The van der Waals surface area contributed by atoms with Crippen LogP contribution in [-0.2, 0) is 6.61 Å². The maximum atomic E-state index is 5.94. The molecule has 0 amide bonds. The molecular weight excluding hydrogens is 355 g/mol. The van der Waals surface area contributed by atoms with Gasteiger partial charge in [-0.3, -0.25) is 0 Å². The molecule has 0 saturated heterocycles. The van der Waals surface area contributed by atoms with Gasteiger partial charge in [-0.05, 0) is 30.3 Å². The van der Waals surface area contributed by atoms with Gasteiger partial charge in [-0.15, -0.1) is 0 Å². The molecular formula is C16H10Cl2N2O4. The fraction of sp³-hybridized carbons (Fsp3) is 0.125. The smallest absolute Gasteiger partial charge is 0.264 e. The maximum absolute atomic E-state index is 5.94. The van der Waals surface area contributed by atoms with E-state index in [4.69, 9.17) is 41.9 Å². The third-order valence-electron chi connectivity index (χ3n) is 3.35. The van der Waals surface area contributed by atoms with Crippen molar-refractivity contribution >= 4 is 23.2 Å². The number of ether oxygens (including phenoxy) is 3. The van der Waals surface area contributed by atoms with Gasteiger partial charge in [-0.25, -0.2) is 0 Å². The molecule has 0 N–H and O–H groups in total. The molecule has 0 saturated carbocycles. The van der Waals surface area contributed by atoms with Crippen molar-refractivity contribution in [1.29, 1.82) is 0 Å². The fourth-order valence-electron chi connectivity index (χ4n) is 2.18. The Morgan fingerprint density at radius 1 is 1.00 bits per heavy atom. The Balaban J connectivity index is 1.47. The predicted octanol–water partition coefficient (Wildman–Crippen LogP) is 4.35. The largest absolute Gasteiger partial charge is 0.484 e. The molecule has 0 atom stereocenters. The molecule has 2 aromatic carbocycles. The molecule has 2 heterocycles. The van der Waals surface area contributed by atoms with Crippen molar-refractivity contribution in [3.63, 3.8) is 0 Å². The minimum Gasteiger partial charge on any atom is -0.484 e. The van der Waals surface area contributed by atoms with Crippen molar-refractivity contribution in [3.05, 3.63) is 52.3 Å². The van der Waals surface area contributed by atoms with Crippen molar-refractivity contribution < 1.29 is 18.7 Å². The number of halogens is 2. The van der Waals surface area contributed by atoms with E-state index < -0.39 is 0 Å². The summed E-state index contributed by atoms with van der Waals surface area (Å²) in [6, 6.07) is 10.4. The lowest BCUT2D eigenvalue weighted by Crippen LogP contribution is -1.95. The van der Waals surface area contributed by atoms with Crippen LogP contribution in [-0.4, -0.2) is 16.9 Å². The topological polar surface area (TPSA) is 66.6 Å². The molecule has 122 valence electrons. The van der Waals surface area contributed by atoms with Crippen molar-refractivity contribution in [1.82, 2.24) is 10.1 Å². The first kappa shape index (κ1) is 15.1. The number of hydrogen-bond donors (Lipinski definition) is 0. The van der Waals surface area contributed by atoms with Gasteiger partial charge in [0.2, 0.25) is 12.6 Å². The van der Waals surface area contributed by atoms with E-state index in [0.717, 1.165) is 5.56 Å². The molecule has 3 aromatic rings. The fourth-order valence-corrected chi connectivity index (χ4v) is 2.47. The highest BCUT2D eigenvalue weighted by molar-refractivity contribution is 6.42. The lowest BCUT2D eigenvalue weighted by Gasteiger charge is -2.04. The first-order valence-corrected chi connectivity index (χ1v) is 7.75. The first-order valence-electron chi connectivity index (χ1n) is 6.99. The highest BCUT2D eigenvalue weighted by atomic mass is 35.5. The number of rotatable bonds is 4. The quantitative estimate of drug-likeness (QED) is 0.685. The van der Waals surface area contributed by atoms with Crippen LogP contribution in [0.4, 0.5) is 0 Å². The lowest BCUT2D eigenvalue weighted by molar-refractivity contribution is 0.174. The van der Waals surface area contributed by atoms with Crippen molar-refractivity contribution in [2.45, 2.75) is 6.61 Å². The van der Waals surface area contributed by atoms with E-state index in [2.05, 4.69) is 10.1 Å². The molecule has 1 aromatic heterocycles. The van der Waals surface area contributed by atoms with Gasteiger partial charge in [0.1, 0.15) is 5.75 Å². The molecule has 1 aliphatic heterocycles. The Labute approximate surface area is 146 Å². The molecule has 0 fully saturated rings. The average molecular weight is 365 g/mol. The summed E-state index contributed by atoms with van der Waals surface area (Å²) in [6.45, 7) is 0.337. The van der Waals surface area contributed by atoms with Crippen molar-refractivity contribution in [3.8, 4) is 28.6 Å². The van der Waals surface area contributed by atoms with Gasteiger partial charge in [0.05, 0.1) is 10.0 Å². The third kappa shape index (κ3) is 2.98. The Morgan fingerprint density at radius 2 is 1.88 bits per heavy atom. The lowest BCUT2D eigenvalue weighted by atomic mass is 10.2. The second-order valence-electron chi connectivity index (χ2n) is 4.94. The van der Waals surface area contributed by atoms with Crippen LogP contribution in [0.15, 0.2) is 40.9 Å². The Morgan fingerprint density at radius 3 is 2.75 bits per heavy atom. The van der Waals surface area contributed by atoms with Crippen LogP contribution in [0.3, 0.4) is 0 Å². The highest BCUT2D eigenvalue weighted by Crippen LogP contribution is 2.35. The van der Waals surface area contributed by atoms with E-state index in [1.165, 1.54) is 0 Å². The minimum atomic E-state index is 0.121. The Hall–Kier alpha value is -2.44. The van der Waals surface area contributed by atoms with E-state index in [1.54, 1.807) is 30.3 Å². The summed E-state index contributed by atoms with van der Waals surface area (Å²) in [7, 11) is 0. The predicted molar refractivity (Wildman–Crippen MR) is 86.7 cm³/mol. The van der Waals surface area contributed by atoms with Gasteiger partial charge in [0.25, 0.3) is 5.89 Å². The summed E-state index contributed by atoms with van der Waals surface area (Å²) >= 11 is 11.8. The summed E-state index contributed by atoms with van der Waals surface area (Å²) < 4.78 is 21.4. The van der Waals surface area contributed by atoms with Crippen LogP contribution in [0.25, 0.3) is 11.4 Å². The SMILES string of the molecule is Clc1ccc(OCc2nc(-c3ccc4c(c3)OCO4)no2)cc1Cl. The zero-order valence-electron chi connectivity index (χ0n) is 12.2. The molecule has 1 aliphatic rings. The van der Waals surface area contributed by atoms with Crippen LogP contribution in [0.1, 0.15) is 5.89 Å². The summed E-state index contributed by atoms with van der Waals surface area (Å²) in [5.74, 6) is 2.71. The van der Waals surface area contributed by atoms with Gasteiger partial charge >= 0.3 is 0 Å². The summed E-state index contributed by atoms with van der Waals surface area (Å²) in [5.41, 5.74) is 0.767. The zero-order valence-corrected chi connectivity index (χ0v) is 13.7. The van der Waals surface area contributed by atoms with Gasteiger partial charge in [0.15, 0.2) is 18.1 Å². The van der Waals surface area contributed by atoms with Crippen molar-refractivity contribution in [2.75, 3.05) is 6.79 Å². The molecule has 6 nitrogen and oxygen atoms in total. The molecule has 0 radical (unpaired) electrons. The van der Waals surface area contributed by atoms with E-state index in [-0.39, 0.29) is 13.4 Å². The second-order valence-corrected chi connectivity index (χ2v) is 5.76. The average Bonchev–Trinajstić information content (AvgIpc) is 3.24. The first-order chi connectivity index (χ1) is 11.7. The zero-order chi connectivity index (χ0) is 16.5. The number of nitrogens with zero attached hydrogens (tertiary/aromatic N) is 2. The number of benzene rings is 2. The van der Waals surface area contributed by atoms with E-state index in [0.29, 0.717) is 39.0 Å². The standard InChI is InChI=1S/C16H10Cl2N2O4/c17-11-3-2-10(6-12(11)18)21-7-15-19-16(20-24-15)9-1-4-13-14(5-9)23-8-22-13/h1-6H,7-8H2.